The van der Waals surface area contributed by atoms with Gasteiger partial charge in [0.05, 0.1) is 24.0 Å². The molecular weight excluding hydrogens is 472 g/mol. The maximum absolute atomic E-state index is 6.01. The first-order chi connectivity index (χ1) is 17.9. The Kier molecular flexibility index (Phi) is 10.3. The van der Waals surface area contributed by atoms with Crippen LogP contribution >= 0.6 is 11.8 Å². The lowest BCUT2D eigenvalue weighted by atomic mass is 9.96. The molecule has 0 saturated carbocycles. The first-order valence-electron chi connectivity index (χ1n) is 13.2. The molecule has 37 heavy (non-hydrogen) atoms. The van der Waals surface area contributed by atoms with Crippen LogP contribution < -0.4 is 9.47 Å². The summed E-state index contributed by atoms with van der Waals surface area (Å²) < 4.78 is 12.0. The van der Waals surface area contributed by atoms with Gasteiger partial charge in [-0.25, -0.2) is 0 Å². The molecule has 4 rings (SSSR count). The van der Waals surface area contributed by atoms with Crippen molar-refractivity contribution in [3.8, 4) is 33.8 Å². The Labute approximate surface area is 228 Å². The molecule has 0 aliphatic heterocycles. The number of ether oxygens (including phenoxy) is 2. The summed E-state index contributed by atoms with van der Waals surface area (Å²) in [6.07, 6.45) is 0. The zero-order valence-electron chi connectivity index (χ0n) is 23.5. The lowest BCUT2D eigenvalue weighted by molar-refractivity contribution is 0.395. The van der Waals surface area contributed by atoms with Gasteiger partial charge in [0.2, 0.25) is 0 Å². The normalized spacial score (nSPS) is 10.8. The summed E-state index contributed by atoms with van der Waals surface area (Å²) in [4.78, 5) is 2.19. The van der Waals surface area contributed by atoms with Crippen LogP contribution in [0.4, 0.5) is 0 Å². The fourth-order valence-corrected chi connectivity index (χ4v) is 5.60. The predicted octanol–water partition coefficient (Wildman–Crippen LogP) is 10.5. The molecule has 194 valence electrons. The summed E-state index contributed by atoms with van der Waals surface area (Å²) >= 11 is 1.72. The van der Waals surface area contributed by atoms with E-state index in [0.717, 1.165) is 21.3 Å². The highest BCUT2D eigenvalue weighted by Crippen LogP contribution is 2.48. The van der Waals surface area contributed by atoms with E-state index in [1.807, 2.05) is 13.8 Å². The largest absolute Gasteiger partial charge is 0.495 e. The molecule has 0 bridgehead atoms. The van der Waals surface area contributed by atoms with Crippen LogP contribution in [-0.2, 0) is 0 Å². The van der Waals surface area contributed by atoms with E-state index in [4.69, 9.17) is 9.47 Å². The summed E-state index contributed by atoms with van der Waals surface area (Å²) in [6.45, 7) is 12.9. The van der Waals surface area contributed by atoms with Gasteiger partial charge < -0.3 is 9.47 Å². The highest BCUT2D eigenvalue weighted by molar-refractivity contribution is 7.99. The van der Waals surface area contributed by atoms with Gasteiger partial charge in [-0.15, -0.1) is 0 Å². The zero-order valence-corrected chi connectivity index (χ0v) is 24.3. The number of methoxy groups -OCH3 is 2. The van der Waals surface area contributed by atoms with Crippen LogP contribution in [0.1, 0.15) is 64.5 Å². The van der Waals surface area contributed by atoms with Gasteiger partial charge in [0.1, 0.15) is 11.5 Å². The predicted molar refractivity (Wildman–Crippen MR) is 161 cm³/mol. The first-order valence-corrected chi connectivity index (χ1v) is 14.0. The summed E-state index contributed by atoms with van der Waals surface area (Å²) in [7, 11) is 3.54. The molecule has 0 aromatic heterocycles. The van der Waals surface area contributed by atoms with E-state index in [2.05, 4.69) is 113 Å². The van der Waals surface area contributed by atoms with Gasteiger partial charge in [0, 0.05) is 0 Å². The van der Waals surface area contributed by atoms with Gasteiger partial charge in [0.25, 0.3) is 0 Å². The third kappa shape index (κ3) is 6.59. The second kappa shape index (κ2) is 13.4. The van der Waals surface area contributed by atoms with E-state index in [1.165, 1.54) is 33.4 Å². The molecule has 4 aromatic rings. The van der Waals surface area contributed by atoms with E-state index in [9.17, 15) is 0 Å². The molecule has 0 heterocycles. The average molecular weight is 513 g/mol. The molecule has 0 spiro atoms. The molecule has 3 heteroatoms. The molecule has 0 fully saturated rings. The van der Waals surface area contributed by atoms with Crippen LogP contribution in [0, 0.1) is 0 Å². The van der Waals surface area contributed by atoms with Gasteiger partial charge in [0.15, 0.2) is 0 Å². The second-order valence-corrected chi connectivity index (χ2v) is 10.4. The Hall–Kier alpha value is -3.17. The number of rotatable bonds is 8. The standard InChI is InChI=1S/C32H34O2S.C2H6/c1-21(2)27-17-25(23-13-9-7-10-14-23)19-29(31(27)33-5)35-30-20-26(24-15-11-8-12-16-24)18-28(22(3)4)32(30)34-6;1-2/h7-22H,1-6H3;1-2H3. The monoisotopic (exact) mass is 512 g/mol. The average Bonchev–Trinajstić information content (AvgIpc) is 2.94. The topological polar surface area (TPSA) is 18.5 Å². The maximum atomic E-state index is 6.01. The van der Waals surface area contributed by atoms with Crippen molar-refractivity contribution in [2.45, 2.75) is 63.2 Å². The summed E-state index contributed by atoms with van der Waals surface area (Å²) in [6, 6.07) is 30.1. The highest BCUT2D eigenvalue weighted by Gasteiger charge is 2.21. The number of hydrogen-bond acceptors (Lipinski definition) is 3. The van der Waals surface area contributed by atoms with E-state index in [1.54, 1.807) is 26.0 Å². The molecule has 0 unspecified atom stereocenters. The van der Waals surface area contributed by atoms with Crippen LogP contribution in [0.15, 0.2) is 94.7 Å². The van der Waals surface area contributed by atoms with Crippen LogP contribution in [-0.4, -0.2) is 14.2 Å². The van der Waals surface area contributed by atoms with Gasteiger partial charge in [-0.05, 0) is 69.5 Å². The van der Waals surface area contributed by atoms with Gasteiger partial charge in [-0.1, -0.05) is 114 Å². The lowest BCUT2D eigenvalue weighted by Crippen LogP contribution is -2.00. The zero-order chi connectivity index (χ0) is 26.9. The fraction of sp³-hybridized carbons (Fsp3) is 0.294. The molecule has 4 aromatic carbocycles. The summed E-state index contributed by atoms with van der Waals surface area (Å²) in [5.41, 5.74) is 7.20. The molecule has 0 radical (unpaired) electrons. The van der Waals surface area contributed by atoms with Crippen LogP contribution in [0.5, 0.6) is 11.5 Å². The van der Waals surface area contributed by atoms with Crippen molar-refractivity contribution < 1.29 is 9.47 Å². The molecule has 2 nitrogen and oxygen atoms in total. The first kappa shape index (κ1) is 28.4. The minimum absolute atomic E-state index is 0.330. The fourth-order valence-electron chi connectivity index (χ4n) is 4.41. The minimum Gasteiger partial charge on any atom is -0.495 e. The SMILES string of the molecule is CC.COc1c(Sc2cc(-c3ccccc3)cc(C(C)C)c2OC)cc(-c2ccccc2)cc1C(C)C. The van der Waals surface area contributed by atoms with Gasteiger partial charge in [-0.2, -0.15) is 0 Å². The van der Waals surface area contributed by atoms with Crippen LogP contribution in [0.3, 0.4) is 0 Å². The Balaban J connectivity index is 0.00000186. The molecule has 0 aliphatic carbocycles. The molecule has 0 aliphatic rings. The van der Waals surface area contributed by atoms with Crippen molar-refractivity contribution in [2.24, 2.45) is 0 Å². The van der Waals surface area contributed by atoms with Crippen molar-refractivity contribution in [1.82, 2.24) is 0 Å². The molecule has 0 atom stereocenters. The lowest BCUT2D eigenvalue weighted by Gasteiger charge is -2.21. The second-order valence-electron chi connectivity index (χ2n) is 9.34. The quantitative estimate of drug-likeness (QED) is 0.234. The summed E-state index contributed by atoms with van der Waals surface area (Å²) in [5, 5.41) is 0. The van der Waals surface area contributed by atoms with Gasteiger partial charge in [-0.3, -0.25) is 0 Å². The highest BCUT2D eigenvalue weighted by atomic mass is 32.2. The van der Waals surface area contributed by atoms with Crippen LogP contribution in [0.25, 0.3) is 22.3 Å². The Morgan fingerprint density at radius 2 is 0.865 bits per heavy atom. The van der Waals surface area contributed by atoms with Crippen molar-refractivity contribution in [1.29, 1.82) is 0 Å². The Bertz CT molecular complexity index is 1180. The smallest absolute Gasteiger partial charge is 0.136 e. The minimum atomic E-state index is 0.330. The van der Waals surface area contributed by atoms with Gasteiger partial charge >= 0.3 is 0 Å². The van der Waals surface area contributed by atoms with E-state index in [0.29, 0.717) is 11.8 Å². The summed E-state index contributed by atoms with van der Waals surface area (Å²) in [5.74, 6) is 2.53. The third-order valence-electron chi connectivity index (χ3n) is 6.25. The maximum Gasteiger partial charge on any atom is 0.136 e. The number of benzene rings is 4. The Morgan fingerprint density at radius 3 is 1.16 bits per heavy atom. The van der Waals surface area contributed by atoms with Crippen LogP contribution in [0.2, 0.25) is 0 Å². The van der Waals surface area contributed by atoms with E-state index in [-0.39, 0.29) is 0 Å². The van der Waals surface area contributed by atoms with E-state index >= 15 is 0 Å². The van der Waals surface area contributed by atoms with Crippen molar-refractivity contribution in [3.63, 3.8) is 0 Å². The molecule has 0 saturated heterocycles. The molecular formula is C34H40O2S. The van der Waals surface area contributed by atoms with E-state index < -0.39 is 0 Å². The van der Waals surface area contributed by atoms with Crippen molar-refractivity contribution >= 4 is 11.8 Å². The van der Waals surface area contributed by atoms with Crippen molar-refractivity contribution in [3.05, 3.63) is 96.1 Å². The van der Waals surface area contributed by atoms with Crippen molar-refractivity contribution in [2.75, 3.05) is 14.2 Å². The molecule has 0 amide bonds. The Morgan fingerprint density at radius 1 is 0.514 bits per heavy atom. The molecule has 0 N–H and O–H groups in total. The number of hydrogen-bond donors (Lipinski definition) is 0. The third-order valence-corrected chi connectivity index (χ3v) is 7.30.